The van der Waals surface area contributed by atoms with Gasteiger partial charge in [0.25, 0.3) is 0 Å². The van der Waals surface area contributed by atoms with Crippen molar-refractivity contribution in [3.63, 3.8) is 0 Å². The summed E-state index contributed by atoms with van der Waals surface area (Å²) in [5.74, 6) is 0. The van der Waals surface area contributed by atoms with E-state index >= 15 is 0 Å². The standard InChI is InChI=1S/C10H8N2S/c1-3-7-9-8(4-2-5-11-9)13-10(7)12-6-1/h1-2,4-6,12H,3H2. The molecular formula is C10H8N2S. The summed E-state index contributed by atoms with van der Waals surface area (Å²) in [5, 5.41) is 4.50. The molecular weight excluding hydrogens is 180 g/mol. The molecule has 3 heteroatoms. The largest absolute Gasteiger partial charge is 0.354 e. The molecule has 0 aliphatic carbocycles. The molecule has 0 fully saturated rings. The van der Waals surface area contributed by atoms with E-state index in [0.29, 0.717) is 0 Å². The minimum absolute atomic E-state index is 0.999. The van der Waals surface area contributed by atoms with Crippen molar-refractivity contribution in [2.24, 2.45) is 0 Å². The van der Waals surface area contributed by atoms with Gasteiger partial charge in [-0.2, -0.15) is 0 Å². The molecule has 2 aromatic rings. The van der Waals surface area contributed by atoms with Crippen molar-refractivity contribution < 1.29 is 0 Å². The van der Waals surface area contributed by atoms with Gasteiger partial charge in [0, 0.05) is 11.8 Å². The van der Waals surface area contributed by atoms with Crippen LogP contribution in [0.3, 0.4) is 0 Å². The minimum atomic E-state index is 0.999. The highest BCUT2D eigenvalue weighted by Gasteiger charge is 2.12. The van der Waals surface area contributed by atoms with Gasteiger partial charge in [0.1, 0.15) is 0 Å². The molecule has 2 aromatic heterocycles. The summed E-state index contributed by atoms with van der Waals surface area (Å²) in [6, 6.07) is 4.10. The number of rotatable bonds is 0. The molecule has 0 saturated heterocycles. The highest BCUT2D eigenvalue weighted by Crippen LogP contribution is 2.36. The van der Waals surface area contributed by atoms with Crippen LogP contribution >= 0.6 is 11.3 Å². The molecule has 1 aliphatic rings. The van der Waals surface area contributed by atoms with Crippen LogP contribution in [0, 0.1) is 0 Å². The number of thiophene rings is 1. The highest BCUT2D eigenvalue weighted by molar-refractivity contribution is 7.23. The molecule has 0 unspecified atom stereocenters. The molecule has 0 bridgehead atoms. The number of allylic oxidation sites excluding steroid dienone is 1. The summed E-state index contributed by atoms with van der Waals surface area (Å²) in [4.78, 5) is 4.39. The van der Waals surface area contributed by atoms with Gasteiger partial charge in [-0.25, -0.2) is 0 Å². The van der Waals surface area contributed by atoms with Gasteiger partial charge in [0.2, 0.25) is 0 Å². The number of hydrogen-bond donors (Lipinski definition) is 1. The van der Waals surface area contributed by atoms with Crippen LogP contribution in [0.5, 0.6) is 0 Å². The van der Waals surface area contributed by atoms with E-state index in [9.17, 15) is 0 Å². The Balaban J connectivity index is 2.37. The molecule has 64 valence electrons. The lowest BCUT2D eigenvalue weighted by atomic mass is 10.1. The van der Waals surface area contributed by atoms with E-state index in [-0.39, 0.29) is 0 Å². The zero-order valence-electron chi connectivity index (χ0n) is 6.95. The quantitative estimate of drug-likeness (QED) is 0.687. The van der Waals surface area contributed by atoms with Crippen LogP contribution in [-0.4, -0.2) is 4.98 Å². The van der Waals surface area contributed by atoms with E-state index < -0.39 is 0 Å². The zero-order chi connectivity index (χ0) is 8.67. The summed E-state index contributed by atoms with van der Waals surface area (Å²) in [6.45, 7) is 0. The second kappa shape index (κ2) is 2.57. The first-order valence-corrected chi connectivity index (χ1v) is 5.05. The Labute approximate surface area is 79.9 Å². The van der Waals surface area contributed by atoms with Crippen molar-refractivity contribution in [3.8, 4) is 0 Å². The third kappa shape index (κ3) is 0.971. The average Bonchev–Trinajstić information content (AvgIpc) is 2.56. The summed E-state index contributed by atoms with van der Waals surface area (Å²) >= 11 is 1.77. The first-order chi connectivity index (χ1) is 6.45. The lowest BCUT2D eigenvalue weighted by molar-refractivity contribution is 1.25. The molecule has 0 spiro atoms. The fourth-order valence-electron chi connectivity index (χ4n) is 1.60. The van der Waals surface area contributed by atoms with Crippen molar-refractivity contribution >= 4 is 26.6 Å². The molecule has 0 radical (unpaired) electrons. The molecule has 3 rings (SSSR count). The summed E-state index contributed by atoms with van der Waals surface area (Å²) in [5.41, 5.74) is 2.49. The maximum atomic E-state index is 4.39. The van der Waals surface area contributed by atoms with Crippen LogP contribution in [0.4, 0.5) is 5.00 Å². The first-order valence-electron chi connectivity index (χ1n) is 4.23. The van der Waals surface area contributed by atoms with Crippen molar-refractivity contribution in [3.05, 3.63) is 36.2 Å². The van der Waals surface area contributed by atoms with Crippen LogP contribution < -0.4 is 5.32 Å². The molecule has 0 atom stereocenters. The number of pyridine rings is 1. The van der Waals surface area contributed by atoms with E-state index in [1.165, 1.54) is 15.3 Å². The normalized spacial score (nSPS) is 14.2. The van der Waals surface area contributed by atoms with Crippen LogP contribution in [0.15, 0.2) is 30.6 Å². The van der Waals surface area contributed by atoms with Gasteiger partial charge >= 0.3 is 0 Å². The molecule has 1 aliphatic heterocycles. The number of nitrogens with one attached hydrogen (secondary N) is 1. The van der Waals surface area contributed by atoms with Gasteiger partial charge in [-0.1, -0.05) is 6.08 Å². The third-order valence-electron chi connectivity index (χ3n) is 2.20. The monoisotopic (exact) mass is 188 g/mol. The average molecular weight is 188 g/mol. The van der Waals surface area contributed by atoms with E-state index in [2.05, 4.69) is 22.4 Å². The Bertz CT molecular complexity index is 485. The maximum absolute atomic E-state index is 4.39. The van der Waals surface area contributed by atoms with Gasteiger partial charge < -0.3 is 5.32 Å². The Morgan fingerprint density at radius 1 is 1.46 bits per heavy atom. The van der Waals surface area contributed by atoms with E-state index in [0.717, 1.165) is 11.9 Å². The Morgan fingerprint density at radius 3 is 3.46 bits per heavy atom. The number of aromatic nitrogens is 1. The predicted octanol–water partition coefficient (Wildman–Crippen LogP) is 2.78. The van der Waals surface area contributed by atoms with Gasteiger partial charge in [0.15, 0.2) is 0 Å². The second-order valence-electron chi connectivity index (χ2n) is 3.01. The van der Waals surface area contributed by atoms with Crippen LogP contribution in [-0.2, 0) is 6.42 Å². The van der Waals surface area contributed by atoms with Crippen molar-refractivity contribution in [1.29, 1.82) is 0 Å². The van der Waals surface area contributed by atoms with Crippen LogP contribution in [0.2, 0.25) is 0 Å². The summed E-state index contributed by atoms with van der Waals surface area (Å²) in [7, 11) is 0. The van der Waals surface area contributed by atoms with Gasteiger partial charge in [-0.3, -0.25) is 4.98 Å². The topological polar surface area (TPSA) is 24.9 Å². The van der Waals surface area contributed by atoms with Crippen LogP contribution in [0.25, 0.3) is 10.2 Å². The van der Waals surface area contributed by atoms with E-state index in [1.54, 1.807) is 11.3 Å². The van der Waals surface area contributed by atoms with Gasteiger partial charge in [-0.15, -0.1) is 11.3 Å². The maximum Gasteiger partial charge on any atom is 0.0986 e. The van der Waals surface area contributed by atoms with Crippen molar-refractivity contribution in [2.45, 2.75) is 6.42 Å². The smallest absolute Gasteiger partial charge is 0.0986 e. The SMILES string of the molecule is C1=CNc2sc3cccnc3c2C1. The number of nitrogens with zero attached hydrogens (tertiary/aromatic N) is 1. The molecule has 0 aromatic carbocycles. The molecule has 2 nitrogen and oxygen atoms in total. The third-order valence-corrected chi connectivity index (χ3v) is 3.31. The molecule has 3 heterocycles. The zero-order valence-corrected chi connectivity index (χ0v) is 7.77. The number of anilines is 1. The first kappa shape index (κ1) is 7.09. The number of hydrogen-bond acceptors (Lipinski definition) is 3. The minimum Gasteiger partial charge on any atom is -0.354 e. The van der Waals surface area contributed by atoms with Crippen molar-refractivity contribution in [1.82, 2.24) is 4.98 Å². The molecule has 0 amide bonds. The van der Waals surface area contributed by atoms with Gasteiger partial charge in [0.05, 0.1) is 15.2 Å². The summed E-state index contributed by atoms with van der Waals surface area (Å²) in [6.07, 6.45) is 6.98. The van der Waals surface area contributed by atoms with Crippen LogP contribution in [0.1, 0.15) is 5.56 Å². The highest BCUT2D eigenvalue weighted by atomic mass is 32.1. The second-order valence-corrected chi connectivity index (χ2v) is 4.06. The Hall–Kier alpha value is -1.35. The van der Waals surface area contributed by atoms with Crippen molar-refractivity contribution in [2.75, 3.05) is 5.32 Å². The lowest BCUT2D eigenvalue weighted by Gasteiger charge is -2.05. The predicted molar refractivity (Wildman–Crippen MR) is 56.1 cm³/mol. The fraction of sp³-hybridized carbons (Fsp3) is 0.100. The lowest BCUT2D eigenvalue weighted by Crippen LogP contribution is -1.95. The fourth-order valence-corrected chi connectivity index (χ4v) is 2.67. The van der Waals surface area contributed by atoms with E-state index in [4.69, 9.17) is 0 Å². The Morgan fingerprint density at radius 2 is 2.46 bits per heavy atom. The Kier molecular flexibility index (Phi) is 1.40. The number of fused-ring (bicyclic) bond motifs is 3. The molecule has 1 N–H and O–H groups in total. The molecule has 0 saturated carbocycles. The molecule has 13 heavy (non-hydrogen) atoms. The van der Waals surface area contributed by atoms with Gasteiger partial charge in [-0.05, 0) is 24.8 Å². The van der Waals surface area contributed by atoms with E-state index in [1.807, 2.05) is 18.5 Å². The summed E-state index contributed by atoms with van der Waals surface area (Å²) < 4.78 is 1.27.